The van der Waals surface area contributed by atoms with Crippen molar-refractivity contribution in [2.75, 3.05) is 13.2 Å². The summed E-state index contributed by atoms with van der Waals surface area (Å²) in [7, 11) is 0. The van der Waals surface area contributed by atoms with E-state index in [0.717, 1.165) is 6.42 Å². The number of fused-ring (bicyclic) bond motifs is 2. The second-order valence-corrected chi connectivity index (χ2v) is 5.83. The first-order valence-corrected chi connectivity index (χ1v) is 6.07. The molecule has 0 aromatic carbocycles. The van der Waals surface area contributed by atoms with Crippen molar-refractivity contribution < 1.29 is 9.53 Å². The van der Waals surface area contributed by atoms with Gasteiger partial charge in [0.2, 0.25) is 0 Å². The zero-order valence-corrected chi connectivity index (χ0v) is 10.3. The Morgan fingerprint density at radius 1 is 1.40 bits per heavy atom. The van der Waals surface area contributed by atoms with Crippen LogP contribution in [0.5, 0.6) is 0 Å². The summed E-state index contributed by atoms with van der Waals surface area (Å²) in [6, 6.07) is 0. The zero-order valence-electron chi connectivity index (χ0n) is 10.3. The molecule has 3 atom stereocenters. The number of Topliss-reactive ketones (excluding diaryl/α,β-unsaturated/α-hetero) is 1. The predicted octanol–water partition coefficient (Wildman–Crippen LogP) is 2.66. The lowest BCUT2D eigenvalue weighted by molar-refractivity contribution is -0.133. The van der Waals surface area contributed by atoms with Gasteiger partial charge in [0.25, 0.3) is 0 Å². The highest BCUT2D eigenvalue weighted by atomic mass is 16.5. The Bertz CT molecular complexity index is 282. The maximum atomic E-state index is 12.3. The molecular weight excluding hydrogens is 188 g/mol. The van der Waals surface area contributed by atoms with Crippen molar-refractivity contribution in [3.8, 4) is 0 Å². The van der Waals surface area contributed by atoms with Gasteiger partial charge in [0.05, 0.1) is 6.61 Å². The summed E-state index contributed by atoms with van der Waals surface area (Å²) in [5.41, 5.74) is 0.0886. The second kappa shape index (κ2) is 3.31. The molecule has 0 aromatic heterocycles. The molecule has 2 saturated carbocycles. The van der Waals surface area contributed by atoms with E-state index in [1.54, 1.807) is 0 Å². The monoisotopic (exact) mass is 210 g/mol. The van der Waals surface area contributed by atoms with Crippen LogP contribution in [-0.2, 0) is 9.53 Å². The molecule has 0 radical (unpaired) electrons. The van der Waals surface area contributed by atoms with Crippen molar-refractivity contribution in [3.05, 3.63) is 0 Å². The Hall–Kier alpha value is -0.370. The van der Waals surface area contributed by atoms with Crippen molar-refractivity contribution in [2.24, 2.45) is 22.7 Å². The normalized spacial score (nSPS) is 42.5. The number of ketones is 1. The molecule has 0 aliphatic heterocycles. The fourth-order valence-corrected chi connectivity index (χ4v) is 3.71. The van der Waals surface area contributed by atoms with Crippen LogP contribution in [-0.4, -0.2) is 19.0 Å². The van der Waals surface area contributed by atoms with Gasteiger partial charge in [0.1, 0.15) is 5.78 Å². The summed E-state index contributed by atoms with van der Waals surface area (Å²) in [4.78, 5) is 12.3. The van der Waals surface area contributed by atoms with Gasteiger partial charge in [-0.05, 0) is 31.1 Å². The second-order valence-electron chi connectivity index (χ2n) is 5.83. The topological polar surface area (TPSA) is 26.3 Å². The van der Waals surface area contributed by atoms with Gasteiger partial charge >= 0.3 is 0 Å². The van der Waals surface area contributed by atoms with Crippen molar-refractivity contribution in [1.82, 2.24) is 0 Å². The van der Waals surface area contributed by atoms with Gasteiger partial charge < -0.3 is 4.74 Å². The number of carbonyl (C=O) groups excluding carboxylic acids is 1. The maximum Gasteiger partial charge on any atom is 0.144 e. The van der Waals surface area contributed by atoms with Gasteiger partial charge in [0.15, 0.2) is 0 Å². The molecule has 2 rings (SSSR count). The van der Waals surface area contributed by atoms with E-state index in [9.17, 15) is 4.79 Å². The van der Waals surface area contributed by atoms with Crippen LogP contribution < -0.4 is 0 Å². The molecule has 0 heterocycles. The SMILES string of the molecule is CCOC[C@H]1C(=O)[C@@]2(C)CC[C@H]1C2(C)C. The summed E-state index contributed by atoms with van der Waals surface area (Å²) in [6.07, 6.45) is 2.28. The fourth-order valence-electron chi connectivity index (χ4n) is 3.71. The van der Waals surface area contributed by atoms with E-state index in [1.165, 1.54) is 6.42 Å². The van der Waals surface area contributed by atoms with E-state index in [0.29, 0.717) is 24.9 Å². The largest absolute Gasteiger partial charge is 0.381 e. The molecule has 0 saturated heterocycles. The van der Waals surface area contributed by atoms with E-state index in [-0.39, 0.29) is 16.7 Å². The Morgan fingerprint density at radius 3 is 2.53 bits per heavy atom. The Balaban J connectivity index is 2.22. The lowest BCUT2D eigenvalue weighted by Gasteiger charge is -2.32. The standard InChI is InChI=1S/C13H22O2/c1-5-15-8-9-10-6-7-13(4,11(9)14)12(10,2)3/h9-10H,5-8H2,1-4H3/t9-,10-,13-/m1/s1. The molecule has 2 fully saturated rings. The zero-order chi connectivity index (χ0) is 11.3. The Kier molecular flexibility index (Phi) is 2.45. The molecule has 2 heteroatoms. The lowest BCUT2D eigenvalue weighted by Crippen LogP contribution is -2.34. The van der Waals surface area contributed by atoms with Crippen LogP contribution in [0.25, 0.3) is 0 Å². The van der Waals surface area contributed by atoms with Crippen LogP contribution >= 0.6 is 0 Å². The molecule has 86 valence electrons. The molecule has 2 bridgehead atoms. The molecule has 0 spiro atoms. The maximum absolute atomic E-state index is 12.3. The van der Waals surface area contributed by atoms with Crippen molar-refractivity contribution in [2.45, 2.75) is 40.5 Å². The van der Waals surface area contributed by atoms with E-state index in [4.69, 9.17) is 4.74 Å². The minimum absolute atomic E-state index is 0.0839. The molecule has 0 amide bonds. The molecule has 2 aliphatic rings. The van der Waals surface area contributed by atoms with E-state index in [2.05, 4.69) is 20.8 Å². The number of carbonyl (C=O) groups is 1. The first-order chi connectivity index (χ1) is 6.95. The lowest BCUT2D eigenvalue weighted by atomic mass is 9.70. The average Bonchev–Trinajstić information content (AvgIpc) is 2.48. The van der Waals surface area contributed by atoms with Crippen LogP contribution in [0.3, 0.4) is 0 Å². The molecule has 2 aliphatic carbocycles. The highest BCUT2D eigenvalue weighted by Crippen LogP contribution is 2.65. The molecule has 2 nitrogen and oxygen atoms in total. The molecule has 15 heavy (non-hydrogen) atoms. The van der Waals surface area contributed by atoms with Crippen LogP contribution in [0, 0.1) is 22.7 Å². The molecular formula is C13H22O2. The van der Waals surface area contributed by atoms with Gasteiger partial charge in [-0.2, -0.15) is 0 Å². The van der Waals surface area contributed by atoms with E-state index >= 15 is 0 Å². The van der Waals surface area contributed by atoms with Crippen molar-refractivity contribution >= 4 is 5.78 Å². The summed E-state index contributed by atoms with van der Waals surface area (Å²) >= 11 is 0. The van der Waals surface area contributed by atoms with Crippen molar-refractivity contribution in [1.29, 1.82) is 0 Å². The summed E-state index contributed by atoms with van der Waals surface area (Å²) in [6.45, 7) is 10.0. The number of ether oxygens (including phenoxy) is 1. The van der Waals surface area contributed by atoms with Crippen LogP contribution in [0.15, 0.2) is 0 Å². The van der Waals surface area contributed by atoms with Gasteiger partial charge in [-0.3, -0.25) is 4.79 Å². The number of rotatable bonds is 3. The summed E-state index contributed by atoms with van der Waals surface area (Å²) < 4.78 is 5.46. The Labute approximate surface area is 92.4 Å². The molecule has 0 N–H and O–H groups in total. The highest BCUT2D eigenvalue weighted by molar-refractivity contribution is 5.91. The van der Waals surface area contributed by atoms with Crippen LogP contribution in [0.1, 0.15) is 40.5 Å². The third-order valence-electron chi connectivity index (χ3n) is 5.17. The van der Waals surface area contributed by atoms with Gasteiger partial charge in [-0.15, -0.1) is 0 Å². The minimum Gasteiger partial charge on any atom is -0.381 e. The van der Waals surface area contributed by atoms with Gasteiger partial charge in [0, 0.05) is 17.9 Å². The number of hydrogen-bond acceptors (Lipinski definition) is 2. The predicted molar refractivity (Wildman–Crippen MR) is 59.6 cm³/mol. The van der Waals surface area contributed by atoms with Crippen LogP contribution in [0.2, 0.25) is 0 Å². The minimum atomic E-state index is -0.0839. The fraction of sp³-hybridized carbons (Fsp3) is 0.923. The quantitative estimate of drug-likeness (QED) is 0.716. The van der Waals surface area contributed by atoms with Crippen LogP contribution in [0.4, 0.5) is 0 Å². The number of hydrogen-bond donors (Lipinski definition) is 0. The summed E-state index contributed by atoms with van der Waals surface area (Å²) in [5, 5.41) is 0. The highest BCUT2D eigenvalue weighted by Gasteiger charge is 2.65. The van der Waals surface area contributed by atoms with E-state index in [1.807, 2.05) is 6.92 Å². The summed E-state index contributed by atoms with van der Waals surface area (Å²) in [5.74, 6) is 1.16. The third kappa shape index (κ3) is 1.24. The van der Waals surface area contributed by atoms with Gasteiger partial charge in [-0.1, -0.05) is 20.8 Å². The van der Waals surface area contributed by atoms with Crippen molar-refractivity contribution in [3.63, 3.8) is 0 Å². The third-order valence-corrected chi connectivity index (χ3v) is 5.17. The Morgan fingerprint density at radius 2 is 2.07 bits per heavy atom. The van der Waals surface area contributed by atoms with Gasteiger partial charge in [-0.25, -0.2) is 0 Å². The first kappa shape index (κ1) is 11.1. The molecule has 0 aromatic rings. The van der Waals surface area contributed by atoms with E-state index < -0.39 is 0 Å². The smallest absolute Gasteiger partial charge is 0.144 e. The first-order valence-electron chi connectivity index (χ1n) is 6.07. The molecule has 0 unspecified atom stereocenters. The average molecular weight is 210 g/mol.